The number of carbonyl (C=O) groups excluding carboxylic acids is 1. The smallest absolute Gasteiger partial charge is 0.264 e. The highest BCUT2D eigenvalue weighted by molar-refractivity contribution is 5.81. The molecular weight excluding hydrogens is 302 g/mol. The molecule has 0 saturated heterocycles. The van der Waals surface area contributed by atoms with Gasteiger partial charge in [-0.25, -0.2) is 0 Å². The van der Waals surface area contributed by atoms with Gasteiger partial charge in [-0.2, -0.15) is 0 Å². The molecule has 24 heavy (non-hydrogen) atoms. The molecule has 0 aliphatic carbocycles. The summed E-state index contributed by atoms with van der Waals surface area (Å²) in [5.41, 5.74) is 2.54. The van der Waals surface area contributed by atoms with Crippen LogP contribution in [0.25, 0.3) is 0 Å². The second-order valence-corrected chi connectivity index (χ2v) is 6.30. The molecular formula is C20H23NO3. The van der Waals surface area contributed by atoms with Crippen LogP contribution in [-0.4, -0.2) is 25.2 Å². The Kier molecular flexibility index (Phi) is 5.04. The van der Waals surface area contributed by atoms with Gasteiger partial charge in [0.05, 0.1) is 0 Å². The van der Waals surface area contributed by atoms with Gasteiger partial charge in [-0.1, -0.05) is 50.2 Å². The van der Waals surface area contributed by atoms with E-state index in [-0.39, 0.29) is 12.5 Å². The van der Waals surface area contributed by atoms with E-state index in [0.29, 0.717) is 24.0 Å². The third-order valence-corrected chi connectivity index (χ3v) is 4.16. The fraction of sp³-hybridized carbons (Fsp3) is 0.350. The number of para-hydroxylation sites is 2. The minimum absolute atomic E-state index is 0.136. The minimum Gasteiger partial charge on any atom is -0.485 e. The van der Waals surface area contributed by atoms with Crippen LogP contribution < -0.4 is 14.8 Å². The molecule has 0 aromatic heterocycles. The van der Waals surface area contributed by atoms with Gasteiger partial charge in [0.15, 0.2) is 11.5 Å². The van der Waals surface area contributed by atoms with Gasteiger partial charge in [0.1, 0.15) is 6.61 Å². The zero-order chi connectivity index (χ0) is 16.9. The fourth-order valence-corrected chi connectivity index (χ4v) is 2.66. The van der Waals surface area contributed by atoms with Gasteiger partial charge in [0.25, 0.3) is 5.91 Å². The average molecular weight is 325 g/mol. The molecule has 1 aliphatic heterocycles. The SMILES string of the molecule is CC(C)c1ccc(CCNC(=O)[C@@H]2COc3ccccc3O2)cc1. The molecule has 4 nitrogen and oxygen atoms in total. The monoisotopic (exact) mass is 325 g/mol. The van der Waals surface area contributed by atoms with Crippen LogP contribution >= 0.6 is 0 Å². The van der Waals surface area contributed by atoms with Crippen LogP contribution in [0, 0.1) is 0 Å². The van der Waals surface area contributed by atoms with Crippen LogP contribution in [0.3, 0.4) is 0 Å². The van der Waals surface area contributed by atoms with E-state index in [1.54, 1.807) is 0 Å². The zero-order valence-corrected chi connectivity index (χ0v) is 14.1. The predicted octanol–water partition coefficient (Wildman–Crippen LogP) is 3.31. The Balaban J connectivity index is 1.48. The maximum absolute atomic E-state index is 12.2. The average Bonchev–Trinajstić information content (AvgIpc) is 2.61. The highest BCUT2D eigenvalue weighted by Gasteiger charge is 2.26. The third-order valence-electron chi connectivity index (χ3n) is 4.16. The fourth-order valence-electron chi connectivity index (χ4n) is 2.66. The zero-order valence-electron chi connectivity index (χ0n) is 14.1. The first kappa shape index (κ1) is 16.4. The summed E-state index contributed by atoms with van der Waals surface area (Å²) in [6.45, 7) is 5.19. The predicted molar refractivity (Wildman–Crippen MR) is 93.6 cm³/mol. The largest absolute Gasteiger partial charge is 0.485 e. The minimum atomic E-state index is -0.594. The molecule has 0 radical (unpaired) electrons. The summed E-state index contributed by atoms with van der Waals surface area (Å²) in [6.07, 6.45) is 0.206. The van der Waals surface area contributed by atoms with Crippen molar-refractivity contribution in [2.75, 3.05) is 13.2 Å². The van der Waals surface area contributed by atoms with Crippen molar-refractivity contribution in [2.45, 2.75) is 32.3 Å². The molecule has 2 aromatic rings. The molecule has 0 saturated carbocycles. The second kappa shape index (κ2) is 7.39. The quantitative estimate of drug-likeness (QED) is 0.917. The number of hydrogen-bond acceptors (Lipinski definition) is 3. The Labute approximate surface area is 142 Å². The molecule has 3 rings (SSSR count). The van der Waals surface area contributed by atoms with E-state index < -0.39 is 6.10 Å². The lowest BCUT2D eigenvalue weighted by Gasteiger charge is -2.25. The van der Waals surface area contributed by atoms with Crippen molar-refractivity contribution < 1.29 is 14.3 Å². The van der Waals surface area contributed by atoms with Crippen molar-refractivity contribution in [1.29, 1.82) is 0 Å². The molecule has 2 aromatic carbocycles. The highest BCUT2D eigenvalue weighted by Crippen LogP contribution is 2.30. The van der Waals surface area contributed by atoms with E-state index in [4.69, 9.17) is 9.47 Å². The van der Waals surface area contributed by atoms with Crippen LogP contribution in [0.1, 0.15) is 30.9 Å². The summed E-state index contributed by atoms with van der Waals surface area (Å²) in [5, 5.41) is 2.93. The van der Waals surface area contributed by atoms with Crippen molar-refractivity contribution in [2.24, 2.45) is 0 Å². The normalized spacial score (nSPS) is 16.0. The Hall–Kier alpha value is -2.49. The molecule has 0 bridgehead atoms. The van der Waals surface area contributed by atoms with Crippen LogP contribution in [-0.2, 0) is 11.2 Å². The van der Waals surface area contributed by atoms with Crippen LogP contribution in [0.4, 0.5) is 0 Å². The Morgan fingerprint density at radius 3 is 2.54 bits per heavy atom. The van der Waals surface area contributed by atoms with Crippen molar-refractivity contribution in [1.82, 2.24) is 5.32 Å². The number of fused-ring (bicyclic) bond motifs is 1. The van der Waals surface area contributed by atoms with Gasteiger partial charge in [-0.05, 0) is 35.6 Å². The van der Waals surface area contributed by atoms with Crippen molar-refractivity contribution >= 4 is 5.91 Å². The molecule has 4 heteroatoms. The summed E-state index contributed by atoms with van der Waals surface area (Å²) >= 11 is 0. The number of hydrogen-bond donors (Lipinski definition) is 1. The molecule has 0 fully saturated rings. The third kappa shape index (κ3) is 3.88. The van der Waals surface area contributed by atoms with Crippen molar-refractivity contribution in [3.8, 4) is 11.5 Å². The van der Waals surface area contributed by atoms with Crippen molar-refractivity contribution in [3.63, 3.8) is 0 Å². The number of benzene rings is 2. The highest BCUT2D eigenvalue weighted by atomic mass is 16.6. The number of carbonyl (C=O) groups is 1. The molecule has 1 atom stereocenters. The summed E-state index contributed by atoms with van der Waals surface area (Å²) in [7, 11) is 0. The number of rotatable bonds is 5. The lowest BCUT2D eigenvalue weighted by Crippen LogP contribution is -2.44. The van der Waals surface area contributed by atoms with Gasteiger partial charge >= 0.3 is 0 Å². The summed E-state index contributed by atoms with van der Waals surface area (Å²) in [6, 6.07) is 15.9. The van der Waals surface area contributed by atoms with Gasteiger partial charge in [0, 0.05) is 6.54 Å². The van der Waals surface area contributed by atoms with Crippen LogP contribution in [0.2, 0.25) is 0 Å². The first-order valence-electron chi connectivity index (χ1n) is 8.38. The maximum atomic E-state index is 12.2. The second-order valence-electron chi connectivity index (χ2n) is 6.30. The molecule has 0 spiro atoms. The van der Waals surface area contributed by atoms with Gasteiger partial charge < -0.3 is 14.8 Å². The molecule has 0 unspecified atom stereocenters. The van der Waals surface area contributed by atoms with Gasteiger partial charge in [-0.15, -0.1) is 0 Å². The van der Waals surface area contributed by atoms with E-state index in [1.807, 2.05) is 24.3 Å². The molecule has 126 valence electrons. The summed E-state index contributed by atoms with van der Waals surface area (Å²) in [5.74, 6) is 1.70. The summed E-state index contributed by atoms with van der Waals surface area (Å²) < 4.78 is 11.3. The first-order chi connectivity index (χ1) is 11.6. The van der Waals surface area contributed by atoms with Crippen LogP contribution in [0.15, 0.2) is 48.5 Å². The van der Waals surface area contributed by atoms with Crippen LogP contribution in [0.5, 0.6) is 11.5 Å². The standard InChI is InChI=1S/C20H23NO3/c1-14(2)16-9-7-15(8-10-16)11-12-21-20(22)19-13-23-17-5-3-4-6-18(17)24-19/h3-10,14,19H,11-13H2,1-2H3,(H,21,22)/t19-/m0/s1. The van der Waals surface area contributed by atoms with E-state index in [9.17, 15) is 4.79 Å². The number of nitrogens with one attached hydrogen (secondary N) is 1. The number of amides is 1. The van der Waals surface area contributed by atoms with Crippen molar-refractivity contribution in [3.05, 3.63) is 59.7 Å². The lowest BCUT2D eigenvalue weighted by molar-refractivity contribution is -0.130. The Morgan fingerprint density at radius 1 is 1.12 bits per heavy atom. The van der Waals surface area contributed by atoms with E-state index in [1.165, 1.54) is 11.1 Å². The van der Waals surface area contributed by atoms with Gasteiger partial charge in [-0.3, -0.25) is 4.79 Å². The van der Waals surface area contributed by atoms with E-state index >= 15 is 0 Å². The maximum Gasteiger partial charge on any atom is 0.264 e. The van der Waals surface area contributed by atoms with E-state index in [2.05, 4.69) is 43.4 Å². The van der Waals surface area contributed by atoms with E-state index in [0.717, 1.165) is 6.42 Å². The Bertz CT molecular complexity index is 694. The number of ether oxygens (including phenoxy) is 2. The molecule has 1 aliphatic rings. The lowest BCUT2D eigenvalue weighted by atomic mass is 10.0. The molecule has 1 N–H and O–H groups in total. The topological polar surface area (TPSA) is 47.6 Å². The first-order valence-corrected chi connectivity index (χ1v) is 8.38. The Morgan fingerprint density at radius 2 is 1.83 bits per heavy atom. The molecule has 1 heterocycles. The molecule has 1 amide bonds. The summed E-state index contributed by atoms with van der Waals surface area (Å²) in [4.78, 5) is 12.2. The van der Waals surface area contributed by atoms with Gasteiger partial charge in [0.2, 0.25) is 6.10 Å².